The third kappa shape index (κ3) is 5.26. The summed E-state index contributed by atoms with van der Waals surface area (Å²) in [6.45, 7) is 2.90. The third-order valence-corrected chi connectivity index (χ3v) is 3.05. The van der Waals surface area contributed by atoms with Gasteiger partial charge in [0.05, 0.1) is 11.9 Å². The number of hydrogen-bond acceptors (Lipinski definition) is 4. The highest BCUT2D eigenvalue weighted by Crippen LogP contribution is 2.15. The van der Waals surface area contributed by atoms with E-state index < -0.39 is 0 Å². The summed E-state index contributed by atoms with van der Waals surface area (Å²) in [5.74, 6) is 0.815. The van der Waals surface area contributed by atoms with Crippen LogP contribution in [0.4, 0.5) is 11.5 Å². The molecule has 0 unspecified atom stereocenters. The van der Waals surface area contributed by atoms with Crippen molar-refractivity contribution in [2.24, 2.45) is 0 Å². The van der Waals surface area contributed by atoms with Crippen molar-refractivity contribution in [3.05, 3.63) is 47.6 Å². The Bertz CT molecular complexity index is 600. The Morgan fingerprint density at radius 3 is 2.64 bits per heavy atom. The minimum Gasteiger partial charge on any atom is -0.484 e. The average Bonchev–Trinajstić information content (AvgIpc) is 2.54. The van der Waals surface area contributed by atoms with E-state index in [1.807, 2.05) is 6.07 Å². The summed E-state index contributed by atoms with van der Waals surface area (Å²) in [4.78, 5) is 16.0. The van der Waals surface area contributed by atoms with Gasteiger partial charge in [-0.15, -0.1) is 0 Å². The summed E-state index contributed by atoms with van der Waals surface area (Å²) in [7, 11) is 0. The molecule has 0 aliphatic heterocycles. The SMILES string of the molecule is CCCNc1ccc(NC(=O)COc2ccc(Cl)cc2)nc1. The molecule has 0 saturated heterocycles. The third-order valence-electron chi connectivity index (χ3n) is 2.79. The molecule has 1 amide bonds. The number of nitrogens with zero attached hydrogens (tertiary/aromatic N) is 1. The van der Waals surface area contributed by atoms with E-state index >= 15 is 0 Å². The zero-order valence-corrected chi connectivity index (χ0v) is 13.1. The molecule has 0 spiro atoms. The van der Waals surface area contributed by atoms with Crippen LogP contribution >= 0.6 is 11.6 Å². The van der Waals surface area contributed by atoms with Gasteiger partial charge in [-0.3, -0.25) is 4.79 Å². The van der Waals surface area contributed by atoms with Gasteiger partial charge in [0, 0.05) is 11.6 Å². The van der Waals surface area contributed by atoms with Crippen molar-refractivity contribution in [1.82, 2.24) is 4.98 Å². The number of carbonyl (C=O) groups is 1. The lowest BCUT2D eigenvalue weighted by atomic mass is 10.3. The number of anilines is 2. The number of rotatable bonds is 7. The van der Waals surface area contributed by atoms with Gasteiger partial charge in [0.25, 0.3) is 5.91 Å². The van der Waals surface area contributed by atoms with Crippen LogP contribution in [0.5, 0.6) is 5.75 Å². The molecule has 0 bridgehead atoms. The van der Waals surface area contributed by atoms with Crippen LogP contribution in [-0.4, -0.2) is 24.0 Å². The molecule has 0 aliphatic carbocycles. The van der Waals surface area contributed by atoms with Crippen molar-refractivity contribution in [3.8, 4) is 5.75 Å². The summed E-state index contributed by atoms with van der Waals surface area (Å²) in [5.41, 5.74) is 0.928. The molecular formula is C16H18ClN3O2. The summed E-state index contributed by atoms with van der Waals surface area (Å²) < 4.78 is 5.36. The summed E-state index contributed by atoms with van der Waals surface area (Å²) >= 11 is 5.78. The number of ether oxygens (including phenoxy) is 1. The van der Waals surface area contributed by atoms with Gasteiger partial charge in [-0.1, -0.05) is 18.5 Å². The molecule has 2 N–H and O–H groups in total. The first-order chi connectivity index (χ1) is 10.7. The number of halogens is 1. The highest BCUT2D eigenvalue weighted by molar-refractivity contribution is 6.30. The molecular weight excluding hydrogens is 302 g/mol. The predicted octanol–water partition coefficient (Wildman–Crippen LogP) is 3.57. The first-order valence-corrected chi connectivity index (χ1v) is 7.43. The molecule has 0 fully saturated rings. The second-order valence-electron chi connectivity index (χ2n) is 4.65. The molecule has 0 atom stereocenters. The van der Waals surface area contributed by atoms with Gasteiger partial charge >= 0.3 is 0 Å². The van der Waals surface area contributed by atoms with Crippen LogP contribution in [0.25, 0.3) is 0 Å². The highest BCUT2D eigenvalue weighted by Gasteiger charge is 2.05. The Morgan fingerprint density at radius 1 is 1.23 bits per heavy atom. The van der Waals surface area contributed by atoms with Crippen LogP contribution in [-0.2, 0) is 4.79 Å². The highest BCUT2D eigenvalue weighted by atomic mass is 35.5. The molecule has 116 valence electrons. The number of amides is 1. The lowest BCUT2D eigenvalue weighted by Crippen LogP contribution is -2.20. The largest absolute Gasteiger partial charge is 0.484 e. The number of carbonyl (C=O) groups excluding carboxylic acids is 1. The molecule has 0 radical (unpaired) electrons. The second kappa shape index (κ2) is 8.24. The van der Waals surface area contributed by atoms with Crippen molar-refractivity contribution in [1.29, 1.82) is 0 Å². The Labute approximate surface area is 134 Å². The fraction of sp³-hybridized carbons (Fsp3) is 0.250. The lowest BCUT2D eigenvalue weighted by molar-refractivity contribution is -0.118. The van der Waals surface area contributed by atoms with Gasteiger partial charge < -0.3 is 15.4 Å². The molecule has 1 aromatic carbocycles. The summed E-state index contributed by atoms with van der Waals surface area (Å²) in [6, 6.07) is 10.5. The van der Waals surface area contributed by atoms with Crippen molar-refractivity contribution >= 4 is 29.0 Å². The summed E-state index contributed by atoms with van der Waals surface area (Å²) in [5, 5.41) is 6.52. The lowest BCUT2D eigenvalue weighted by Gasteiger charge is -2.08. The molecule has 2 rings (SSSR count). The molecule has 1 aromatic heterocycles. The zero-order chi connectivity index (χ0) is 15.8. The maximum atomic E-state index is 11.8. The predicted molar refractivity (Wildman–Crippen MR) is 88.6 cm³/mol. The Morgan fingerprint density at radius 2 is 2.00 bits per heavy atom. The van der Waals surface area contributed by atoms with E-state index in [-0.39, 0.29) is 12.5 Å². The van der Waals surface area contributed by atoms with Gasteiger partial charge in [-0.2, -0.15) is 0 Å². The molecule has 0 saturated carbocycles. The van der Waals surface area contributed by atoms with E-state index in [9.17, 15) is 4.79 Å². The van der Waals surface area contributed by atoms with Crippen LogP contribution in [0.2, 0.25) is 5.02 Å². The van der Waals surface area contributed by atoms with Crippen LogP contribution in [0.3, 0.4) is 0 Å². The fourth-order valence-corrected chi connectivity index (χ4v) is 1.83. The molecule has 1 heterocycles. The van der Waals surface area contributed by atoms with E-state index in [2.05, 4.69) is 22.5 Å². The van der Waals surface area contributed by atoms with E-state index in [1.165, 1.54) is 0 Å². The van der Waals surface area contributed by atoms with Gasteiger partial charge in [0.1, 0.15) is 11.6 Å². The normalized spacial score (nSPS) is 10.1. The van der Waals surface area contributed by atoms with Crippen LogP contribution in [0.1, 0.15) is 13.3 Å². The smallest absolute Gasteiger partial charge is 0.263 e. The number of pyridine rings is 1. The zero-order valence-electron chi connectivity index (χ0n) is 12.3. The number of aromatic nitrogens is 1. The average molecular weight is 320 g/mol. The van der Waals surface area contributed by atoms with E-state index in [1.54, 1.807) is 36.5 Å². The monoisotopic (exact) mass is 319 g/mol. The minimum absolute atomic E-state index is 0.0842. The van der Waals surface area contributed by atoms with Crippen molar-refractivity contribution in [2.45, 2.75) is 13.3 Å². The number of nitrogens with one attached hydrogen (secondary N) is 2. The Balaban J connectivity index is 1.80. The van der Waals surface area contributed by atoms with Crippen molar-refractivity contribution in [3.63, 3.8) is 0 Å². The minimum atomic E-state index is -0.267. The van der Waals surface area contributed by atoms with Gasteiger partial charge in [0.15, 0.2) is 6.61 Å². The molecule has 0 aliphatic rings. The van der Waals surface area contributed by atoms with Crippen LogP contribution in [0.15, 0.2) is 42.6 Å². The van der Waals surface area contributed by atoms with E-state index in [0.717, 1.165) is 18.7 Å². The second-order valence-corrected chi connectivity index (χ2v) is 5.09. The van der Waals surface area contributed by atoms with Gasteiger partial charge in [-0.25, -0.2) is 4.98 Å². The first-order valence-electron chi connectivity index (χ1n) is 7.05. The molecule has 22 heavy (non-hydrogen) atoms. The molecule has 5 nitrogen and oxygen atoms in total. The number of hydrogen-bond donors (Lipinski definition) is 2. The Kier molecular flexibility index (Phi) is 6.03. The van der Waals surface area contributed by atoms with Crippen LogP contribution in [0, 0.1) is 0 Å². The quantitative estimate of drug-likeness (QED) is 0.819. The maximum Gasteiger partial charge on any atom is 0.263 e. The topological polar surface area (TPSA) is 63.2 Å². The Hall–Kier alpha value is -2.27. The van der Waals surface area contributed by atoms with Crippen molar-refractivity contribution in [2.75, 3.05) is 23.8 Å². The maximum absolute atomic E-state index is 11.8. The first kappa shape index (κ1) is 16.1. The van der Waals surface area contributed by atoms with Crippen LogP contribution < -0.4 is 15.4 Å². The van der Waals surface area contributed by atoms with Gasteiger partial charge in [-0.05, 0) is 42.8 Å². The van der Waals surface area contributed by atoms with E-state index in [0.29, 0.717) is 16.6 Å². The standard InChI is InChI=1S/C16H18ClN3O2/c1-2-9-18-13-5-8-15(19-10-13)20-16(21)11-22-14-6-3-12(17)4-7-14/h3-8,10,18H,2,9,11H2,1H3,(H,19,20,21). The van der Waals surface area contributed by atoms with E-state index in [4.69, 9.17) is 16.3 Å². The number of benzene rings is 1. The van der Waals surface area contributed by atoms with Gasteiger partial charge in [0.2, 0.25) is 0 Å². The molecule has 2 aromatic rings. The molecule has 6 heteroatoms. The van der Waals surface area contributed by atoms with Crippen molar-refractivity contribution < 1.29 is 9.53 Å². The fourth-order valence-electron chi connectivity index (χ4n) is 1.70. The summed E-state index contributed by atoms with van der Waals surface area (Å²) in [6.07, 6.45) is 2.73.